The number of fused-ring (bicyclic) bond motifs is 1. The van der Waals surface area contributed by atoms with E-state index < -0.39 is 41.1 Å². The number of aliphatic hydroxyl groups excluding tert-OH is 1. The summed E-state index contributed by atoms with van der Waals surface area (Å²) in [7, 11) is 0. The number of esters is 2. The Bertz CT molecular complexity index is 1020. The number of aliphatic hydroxyl groups is 1. The van der Waals surface area contributed by atoms with Crippen molar-refractivity contribution in [3.63, 3.8) is 0 Å². The average molecular weight is 499 g/mol. The molecule has 1 spiro atoms. The van der Waals surface area contributed by atoms with Crippen LogP contribution in [0.4, 0.5) is 0 Å². The molecule has 1 saturated carbocycles. The Morgan fingerprint density at radius 1 is 1.14 bits per heavy atom. The van der Waals surface area contributed by atoms with Crippen LogP contribution in [0.3, 0.4) is 0 Å². The summed E-state index contributed by atoms with van der Waals surface area (Å²) in [5.74, 6) is -0.891. The number of hydrogen-bond donors (Lipinski definition) is 1. The minimum absolute atomic E-state index is 0.138. The van der Waals surface area contributed by atoms with Gasteiger partial charge in [-0.25, -0.2) is 9.59 Å². The fourth-order valence-corrected chi connectivity index (χ4v) is 6.04. The maximum Gasteiger partial charge on any atom is 0.331 e. The van der Waals surface area contributed by atoms with Gasteiger partial charge in [-0.1, -0.05) is 49.0 Å². The van der Waals surface area contributed by atoms with Gasteiger partial charge in [-0.3, -0.25) is 0 Å². The number of carbonyl (C=O) groups is 2. The predicted octanol–water partition coefficient (Wildman–Crippen LogP) is 4.13. The van der Waals surface area contributed by atoms with Crippen LogP contribution < -0.4 is 0 Å². The average Bonchev–Trinajstić information content (AvgIpc) is 2.98. The molecule has 2 unspecified atom stereocenters. The summed E-state index contributed by atoms with van der Waals surface area (Å²) in [5.41, 5.74) is 1.74. The lowest BCUT2D eigenvalue weighted by molar-refractivity contribution is -0.181. The Balaban J connectivity index is 1.70. The molecule has 7 heteroatoms. The van der Waals surface area contributed by atoms with Gasteiger partial charge in [-0.2, -0.15) is 0 Å². The van der Waals surface area contributed by atoms with Crippen molar-refractivity contribution in [3.05, 3.63) is 59.8 Å². The Morgan fingerprint density at radius 3 is 2.67 bits per heavy atom. The third-order valence-electron chi connectivity index (χ3n) is 8.44. The molecular formula is C29H38O7. The third-order valence-corrected chi connectivity index (χ3v) is 8.44. The molecule has 0 amide bonds. The lowest BCUT2D eigenvalue weighted by atomic mass is 9.53. The largest absolute Gasteiger partial charge is 0.462 e. The molecule has 36 heavy (non-hydrogen) atoms. The first-order valence-electron chi connectivity index (χ1n) is 12.8. The Hall–Kier alpha value is -2.48. The molecule has 4 aliphatic rings. The van der Waals surface area contributed by atoms with Crippen molar-refractivity contribution in [2.45, 2.75) is 83.9 Å². The molecule has 0 aromatic rings. The highest BCUT2D eigenvalue weighted by atomic mass is 16.6. The van der Waals surface area contributed by atoms with Crippen molar-refractivity contribution in [3.8, 4) is 0 Å². The lowest BCUT2D eigenvalue weighted by Gasteiger charge is -2.56. The van der Waals surface area contributed by atoms with Crippen molar-refractivity contribution in [1.29, 1.82) is 0 Å². The molecule has 2 fully saturated rings. The monoisotopic (exact) mass is 498 g/mol. The van der Waals surface area contributed by atoms with Gasteiger partial charge in [0.25, 0.3) is 0 Å². The summed E-state index contributed by atoms with van der Waals surface area (Å²) >= 11 is 0. The van der Waals surface area contributed by atoms with Gasteiger partial charge in [0.1, 0.15) is 18.8 Å². The van der Waals surface area contributed by atoms with Gasteiger partial charge in [-0.05, 0) is 45.6 Å². The smallest absolute Gasteiger partial charge is 0.331 e. The molecule has 0 aromatic carbocycles. The van der Waals surface area contributed by atoms with E-state index in [0.717, 1.165) is 24.0 Å². The van der Waals surface area contributed by atoms with Crippen LogP contribution in [0.15, 0.2) is 59.8 Å². The number of carbonyl (C=O) groups excluding carboxylic acids is 2. The third kappa shape index (κ3) is 4.89. The highest BCUT2D eigenvalue weighted by molar-refractivity contribution is 5.83. The van der Waals surface area contributed by atoms with Gasteiger partial charge >= 0.3 is 11.9 Å². The van der Waals surface area contributed by atoms with E-state index in [0.29, 0.717) is 19.4 Å². The van der Waals surface area contributed by atoms with Crippen LogP contribution in [0.5, 0.6) is 0 Å². The second kappa shape index (κ2) is 10.5. The Labute approximate surface area is 213 Å². The van der Waals surface area contributed by atoms with Crippen LogP contribution in [0, 0.1) is 10.8 Å². The molecule has 1 saturated heterocycles. The van der Waals surface area contributed by atoms with Gasteiger partial charge < -0.3 is 24.1 Å². The van der Waals surface area contributed by atoms with Crippen molar-refractivity contribution < 1.29 is 33.6 Å². The molecule has 2 aliphatic heterocycles. The van der Waals surface area contributed by atoms with Crippen LogP contribution in [0.1, 0.15) is 53.4 Å². The maximum atomic E-state index is 12.8. The van der Waals surface area contributed by atoms with E-state index >= 15 is 0 Å². The molecule has 0 radical (unpaired) electrons. The van der Waals surface area contributed by atoms with Crippen LogP contribution in [-0.2, 0) is 28.5 Å². The van der Waals surface area contributed by atoms with Crippen molar-refractivity contribution in [2.75, 3.05) is 13.2 Å². The fraction of sp³-hybridized carbons (Fsp3) is 0.586. The molecule has 1 N–H and O–H groups in total. The van der Waals surface area contributed by atoms with Crippen molar-refractivity contribution in [2.24, 2.45) is 10.8 Å². The first kappa shape index (κ1) is 26.6. The summed E-state index contributed by atoms with van der Waals surface area (Å²) in [4.78, 5) is 25.7. The van der Waals surface area contributed by atoms with E-state index in [1.54, 1.807) is 25.2 Å². The van der Waals surface area contributed by atoms with Crippen molar-refractivity contribution in [1.82, 2.24) is 0 Å². The molecular weight excluding hydrogens is 460 g/mol. The summed E-state index contributed by atoms with van der Waals surface area (Å²) in [5, 5.41) is 10.0. The summed E-state index contributed by atoms with van der Waals surface area (Å²) in [6.07, 6.45) is 10.3. The number of allylic oxidation sites excluding steroid dienone is 3. The van der Waals surface area contributed by atoms with E-state index in [-0.39, 0.29) is 18.8 Å². The van der Waals surface area contributed by atoms with Gasteiger partial charge in [-0.15, -0.1) is 0 Å². The molecule has 7 atom stereocenters. The lowest BCUT2D eigenvalue weighted by Crippen LogP contribution is -2.60. The fourth-order valence-electron chi connectivity index (χ4n) is 6.04. The first-order chi connectivity index (χ1) is 17.1. The number of cyclic esters (lactones) is 1. The van der Waals surface area contributed by atoms with Gasteiger partial charge in [0.05, 0.1) is 24.9 Å². The number of ether oxygens (including phenoxy) is 4. The molecule has 2 aliphatic carbocycles. The summed E-state index contributed by atoms with van der Waals surface area (Å²) in [6, 6.07) is 0. The standard InChI is InChI=1S/C29H38O7/c1-18-10-12-29-17-34-27(32)15-19(2)11-13-33-22(21(4)30)8-6-7-9-26(31)36-24-16-23(35-25(29)14-18)20(3)28(24,29)5/h6-9,14-15,21-25,30H,3,10-13,16-17H2,1-2,4-5H3/b8-6+,9-7-,19-15+/t21?,22-,23+,24+,25+,28+,29?/m0/s1. The Morgan fingerprint density at radius 2 is 1.92 bits per heavy atom. The zero-order chi connectivity index (χ0) is 26.1. The van der Waals surface area contributed by atoms with Gasteiger partial charge in [0, 0.05) is 29.4 Å². The van der Waals surface area contributed by atoms with Crippen molar-refractivity contribution >= 4 is 11.9 Å². The molecule has 4 rings (SSSR count). The molecule has 0 aromatic heterocycles. The molecule has 196 valence electrons. The van der Waals surface area contributed by atoms with E-state index in [4.69, 9.17) is 18.9 Å². The van der Waals surface area contributed by atoms with Crippen LogP contribution in [0.2, 0.25) is 0 Å². The summed E-state index contributed by atoms with van der Waals surface area (Å²) < 4.78 is 24.2. The highest BCUT2D eigenvalue weighted by Crippen LogP contribution is 2.65. The molecule has 2 heterocycles. The quantitative estimate of drug-likeness (QED) is 0.429. The summed E-state index contributed by atoms with van der Waals surface area (Å²) in [6.45, 7) is 12.5. The van der Waals surface area contributed by atoms with Crippen LogP contribution >= 0.6 is 0 Å². The minimum atomic E-state index is -0.734. The van der Waals surface area contributed by atoms with E-state index in [1.165, 1.54) is 17.7 Å². The Kier molecular flexibility index (Phi) is 7.74. The first-order valence-corrected chi connectivity index (χ1v) is 12.8. The van der Waals surface area contributed by atoms with Crippen LogP contribution in [0.25, 0.3) is 0 Å². The predicted molar refractivity (Wildman–Crippen MR) is 135 cm³/mol. The maximum absolute atomic E-state index is 12.8. The number of rotatable bonds is 1. The zero-order valence-corrected chi connectivity index (χ0v) is 21.7. The molecule has 2 bridgehead atoms. The molecule has 7 nitrogen and oxygen atoms in total. The number of hydrogen-bond acceptors (Lipinski definition) is 7. The SMILES string of the molecule is C=C1[C@H]2C[C@H]3OC(=O)/C=C\C=C\[C@@H](C(C)O)OCC/C(C)=C/C(=O)OCC4(CCC(C)=C[C@H]4O2)[C@]13C. The van der Waals surface area contributed by atoms with E-state index in [9.17, 15) is 14.7 Å². The van der Waals surface area contributed by atoms with E-state index in [1.807, 2.05) is 6.92 Å². The minimum Gasteiger partial charge on any atom is -0.462 e. The van der Waals surface area contributed by atoms with Gasteiger partial charge in [0.15, 0.2) is 0 Å². The second-order valence-corrected chi connectivity index (χ2v) is 10.8. The normalized spacial score (nSPS) is 41.9. The van der Waals surface area contributed by atoms with E-state index in [2.05, 4.69) is 26.5 Å². The highest BCUT2D eigenvalue weighted by Gasteiger charge is 2.68. The zero-order valence-electron chi connectivity index (χ0n) is 21.7. The van der Waals surface area contributed by atoms with Crippen LogP contribution in [-0.4, -0.2) is 60.8 Å². The topological polar surface area (TPSA) is 91.3 Å². The van der Waals surface area contributed by atoms with Gasteiger partial charge in [0.2, 0.25) is 0 Å². The second-order valence-electron chi connectivity index (χ2n) is 10.8.